The lowest BCUT2D eigenvalue weighted by atomic mass is 9.95. The molecule has 0 radical (unpaired) electrons. The number of hydrogen-bond acceptors (Lipinski definition) is 5. The van der Waals surface area contributed by atoms with Crippen LogP contribution in [0.2, 0.25) is 0 Å². The van der Waals surface area contributed by atoms with Gasteiger partial charge in [0.1, 0.15) is 5.82 Å². The van der Waals surface area contributed by atoms with Crippen molar-refractivity contribution in [2.75, 3.05) is 0 Å². The largest absolute Gasteiger partial charge is 0.303 e. The molecule has 0 bridgehead atoms. The van der Waals surface area contributed by atoms with Crippen LogP contribution < -0.4 is 0 Å². The summed E-state index contributed by atoms with van der Waals surface area (Å²) in [6.45, 7) is 1.98. The van der Waals surface area contributed by atoms with Gasteiger partial charge in [0.2, 0.25) is 0 Å². The summed E-state index contributed by atoms with van der Waals surface area (Å²) in [6.07, 6.45) is 6.12. The van der Waals surface area contributed by atoms with Crippen LogP contribution in [0.5, 0.6) is 0 Å². The third-order valence-electron chi connectivity index (χ3n) is 4.32. The van der Waals surface area contributed by atoms with Crippen molar-refractivity contribution in [2.24, 2.45) is 0 Å². The molecule has 7 heteroatoms. The summed E-state index contributed by atoms with van der Waals surface area (Å²) in [5.74, 6) is 1.46. The van der Waals surface area contributed by atoms with E-state index in [1.54, 1.807) is 18.2 Å². The second kappa shape index (κ2) is 7.12. The first-order valence-electron chi connectivity index (χ1n) is 7.93. The molecule has 0 unspecified atom stereocenters. The van der Waals surface area contributed by atoms with Crippen molar-refractivity contribution < 1.29 is 4.92 Å². The fraction of sp³-hybridized carbons (Fsp3) is 0.500. The lowest BCUT2D eigenvalue weighted by Gasteiger charge is -2.24. The van der Waals surface area contributed by atoms with Gasteiger partial charge in [-0.2, -0.15) is 0 Å². The van der Waals surface area contributed by atoms with Gasteiger partial charge in [-0.25, -0.2) is 0 Å². The zero-order valence-electron chi connectivity index (χ0n) is 13.1. The average Bonchev–Trinajstić information content (AvgIpc) is 2.94. The predicted molar refractivity (Wildman–Crippen MR) is 89.5 cm³/mol. The van der Waals surface area contributed by atoms with E-state index >= 15 is 0 Å². The molecule has 0 amide bonds. The van der Waals surface area contributed by atoms with Crippen LogP contribution in [0.3, 0.4) is 0 Å². The van der Waals surface area contributed by atoms with Gasteiger partial charge in [0.05, 0.1) is 4.92 Å². The molecule has 23 heavy (non-hydrogen) atoms. The Kier molecular flexibility index (Phi) is 4.95. The molecule has 0 N–H and O–H groups in total. The monoisotopic (exact) mass is 332 g/mol. The van der Waals surface area contributed by atoms with E-state index in [4.69, 9.17) is 0 Å². The zero-order valence-corrected chi connectivity index (χ0v) is 14.0. The molecule has 122 valence electrons. The van der Waals surface area contributed by atoms with Crippen LogP contribution in [0.1, 0.15) is 49.5 Å². The second-order valence-electron chi connectivity index (χ2n) is 5.87. The van der Waals surface area contributed by atoms with E-state index in [1.807, 2.05) is 13.0 Å². The fourth-order valence-electron chi connectivity index (χ4n) is 3.16. The topological polar surface area (TPSA) is 73.8 Å². The molecule has 0 saturated heterocycles. The Bertz CT molecular complexity index is 695. The minimum Gasteiger partial charge on any atom is -0.303 e. The number of nitro benzene ring substituents is 1. The maximum absolute atomic E-state index is 11.1. The highest BCUT2D eigenvalue weighted by molar-refractivity contribution is 7.98. The molecule has 1 aromatic heterocycles. The normalized spacial score (nSPS) is 15.7. The van der Waals surface area contributed by atoms with Gasteiger partial charge in [-0.3, -0.25) is 10.1 Å². The minimum atomic E-state index is -0.326. The van der Waals surface area contributed by atoms with E-state index in [0.717, 1.165) is 29.4 Å². The smallest absolute Gasteiger partial charge is 0.273 e. The fourth-order valence-corrected chi connectivity index (χ4v) is 4.21. The number of benzene rings is 1. The van der Waals surface area contributed by atoms with Gasteiger partial charge in [0.15, 0.2) is 5.16 Å². The number of thioether (sulfide) groups is 1. The highest BCUT2D eigenvalue weighted by atomic mass is 32.2. The van der Waals surface area contributed by atoms with Crippen molar-refractivity contribution in [1.82, 2.24) is 14.8 Å². The summed E-state index contributed by atoms with van der Waals surface area (Å²) in [5, 5.41) is 20.5. The molecule has 2 aromatic rings. The Morgan fingerprint density at radius 3 is 2.74 bits per heavy atom. The van der Waals surface area contributed by atoms with Gasteiger partial charge >= 0.3 is 0 Å². The van der Waals surface area contributed by atoms with Gasteiger partial charge < -0.3 is 4.57 Å². The van der Waals surface area contributed by atoms with Crippen LogP contribution in [0.15, 0.2) is 29.4 Å². The Morgan fingerprint density at radius 1 is 1.26 bits per heavy atom. The molecular weight excluding hydrogens is 312 g/mol. The van der Waals surface area contributed by atoms with Crippen molar-refractivity contribution in [3.8, 4) is 0 Å². The Balaban J connectivity index is 1.78. The molecule has 0 spiro atoms. The maximum Gasteiger partial charge on any atom is 0.273 e. The summed E-state index contributed by atoms with van der Waals surface area (Å²) >= 11 is 1.53. The number of nitro groups is 1. The van der Waals surface area contributed by atoms with Gasteiger partial charge in [-0.1, -0.05) is 49.2 Å². The van der Waals surface area contributed by atoms with Crippen molar-refractivity contribution >= 4 is 17.4 Å². The molecule has 0 atom stereocenters. The molecule has 0 aliphatic heterocycles. The minimum absolute atomic E-state index is 0.167. The van der Waals surface area contributed by atoms with Crippen LogP contribution in [-0.2, 0) is 5.75 Å². The summed E-state index contributed by atoms with van der Waals surface area (Å²) in [4.78, 5) is 10.8. The van der Waals surface area contributed by atoms with Gasteiger partial charge in [-0.15, -0.1) is 10.2 Å². The summed E-state index contributed by atoms with van der Waals surface area (Å²) in [6, 6.07) is 7.35. The summed E-state index contributed by atoms with van der Waals surface area (Å²) in [7, 11) is 0. The number of nitrogens with zero attached hydrogens (tertiary/aromatic N) is 4. The number of rotatable bonds is 5. The number of para-hydroxylation sites is 1. The summed E-state index contributed by atoms with van der Waals surface area (Å²) < 4.78 is 2.22. The highest BCUT2D eigenvalue weighted by Gasteiger charge is 2.22. The Labute approximate surface area is 139 Å². The quantitative estimate of drug-likeness (QED) is 0.464. The van der Waals surface area contributed by atoms with Gasteiger partial charge in [0, 0.05) is 23.4 Å². The van der Waals surface area contributed by atoms with Crippen molar-refractivity contribution in [1.29, 1.82) is 0 Å². The van der Waals surface area contributed by atoms with E-state index in [1.165, 1.54) is 31.0 Å². The first-order valence-corrected chi connectivity index (χ1v) is 8.92. The van der Waals surface area contributed by atoms with Crippen LogP contribution >= 0.6 is 11.8 Å². The van der Waals surface area contributed by atoms with E-state index in [-0.39, 0.29) is 10.6 Å². The highest BCUT2D eigenvalue weighted by Crippen LogP contribution is 2.34. The van der Waals surface area contributed by atoms with Crippen molar-refractivity contribution in [3.63, 3.8) is 0 Å². The lowest BCUT2D eigenvalue weighted by molar-refractivity contribution is -0.385. The third-order valence-corrected chi connectivity index (χ3v) is 5.31. The molecule has 1 aliphatic carbocycles. The van der Waals surface area contributed by atoms with Gasteiger partial charge in [0.25, 0.3) is 5.69 Å². The van der Waals surface area contributed by atoms with Crippen LogP contribution in [0, 0.1) is 17.0 Å². The van der Waals surface area contributed by atoms with E-state index in [9.17, 15) is 10.1 Å². The molecule has 3 rings (SSSR count). The molecule has 1 fully saturated rings. The summed E-state index contributed by atoms with van der Waals surface area (Å²) in [5.41, 5.74) is 0.888. The molecule has 6 nitrogen and oxygen atoms in total. The maximum atomic E-state index is 11.1. The molecular formula is C16H20N4O2S. The van der Waals surface area contributed by atoms with Crippen LogP contribution in [0.25, 0.3) is 0 Å². The van der Waals surface area contributed by atoms with E-state index in [0.29, 0.717) is 11.8 Å². The standard InChI is InChI=1S/C16H20N4O2S/c1-12-17-18-16(19(12)14-8-3-2-4-9-14)23-11-13-7-5-6-10-15(13)20(21)22/h5-7,10,14H,2-4,8-9,11H2,1H3. The Morgan fingerprint density at radius 2 is 2.00 bits per heavy atom. The molecule has 1 saturated carbocycles. The van der Waals surface area contributed by atoms with E-state index in [2.05, 4.69) is 14.8 Å². The zero-order chi connectivity index (χ0) is 16.2. The van der Waals surface area contributed by atoms with Crippen molar-refractivity contribution in [3.05, 3.63) is 45.8 Å². The first-order chi connectivity index (χ1) is 11.2. The molecule has 1 heterocycles. The first kappa shape index (κ1) is 16.0. The van der Waals surface area contributed by atoms with Crippen LogP contribution in [0.4, 0.5) is 5.69 Å². The predicted octanol–water partition coefficient (Wildman–Crippen LogP) is 4.29. The number of aryl methyl sites for hydroxylation is 1. The van der Waals surface area contributed by atoms with Gasteiger partial charge in [-0.05, 0) is 19.8 Å². The molecule has 1 aliphatic rings. The SMILES string of the molecule is Cc1nnc(SCc2ccccc2[N+](=O)[O-])n1C1CCCCC1. The van der Waals surface area contributed by atoms with Crippen LogP contribution in [-0.4, -0.2) is 19.7 Å². The Hall–Kier alpha value is -1.89. The second-order valence-corrected chi connectivity index (χ2v) is 6.81. The number of aromatic nitrogens is 3. The molecule has 1 aromatic carbocycles. The number of hydrogen-bond donors (Lipinski definition) is 0. The van der Waals surface area contributed by atoms with E-state index < -0.39 is 0 Å². The van der Waals surface area contributed by atoms with Crippen molar-refractivity contribution in [2.45, 2.75) is 56.0 Å². The third kappa shape index (κ3) is 3.55. The average molecular weight is 332 g/mol. The lowest BCUT2D eigenvalue weighted by Crippen LogP contribution is -2.15.